The summed E-state index contributed by atoms with van der Waals surface area (Å²) < 4.78 is 35.8. The van der Waals surface area contributed by atoms with Gasteiger partial charge >= 0.3 is 0 Å². The number of morpholine rings is 1. The summed E-state index contributed by atoms with van der Waals surface area (Å²) in [5.41, 5.74) is 1.15. The van der Waals surface area contributed by atoms with Crippen LogP contribution in [-0.4, -0.2) is 69.9 Å². The Labute approximate surface area is 280 Å². The highest BCUT2D eigenvalue weighted by atomic mass is 35.5. The van der Waals surface area contributed by atoms with Crippen molar-refractivity contribution in [3.8, 4) is 0 Å². The number of benzene rings is 2. The standard InChI is InChI=1S/C33H32Cl2F2N6O4/c1-19(26-15-24(36)5-6-27(26)35)29-30(41-32(45)22-12-23(34)14-25(37)13-22)40-31(33(46)39-17-21-4-3-7-38-16-21)43(29)28(20(2)44)18-42-8-10-47-11-9-42/h3-7,12-16,19,28H,8-11,17-18H2,1-2H3,(H,39,46)(H,41,45)/t19-,28-/m0/s1. The first-order chi connectivity index (χ1) is 22.5. The molecule has 0 bridgehead atoms. The number of hydrogen-bond acceptors (Lipinski definition) is 7. The molecule has 47 heavy (non-hydrogen) atoms. The summed E-state index contributed by atoms with van der Waals surface area (Å²) in [6, 6.07) is 9.74. The minimum Gasteiger partial charge on any atom is -0.379 e. The molecule has 0 radical (unpaired) electrons. The van der Waals surface area contributed by atoms with Crippen LogP contribution < -0.4 is 10.6 Å². The Bertz CT molecular complexity index is 1760. The van der Waals surface area contributed by atoms with E-state index in [-0.39, 0.29) is 51.8 Å². The van der Waals surface area contributed by atoms with Gasteiger partial charge in [-0.3, -0.25) is 24.3 Å². The Kier molecular flexibility index (Phi) is 11.0. The van der Waals surface area contributed by atoms with Crippen molar-refractivity contribution in [3.63, 3.8) is 0 Å². The second kappa shape index (κ2) is 15.1. The minimum absolute atomic E-state index is 0.00145. The van der Waals surface area contributed by atoms with Gasteiger partial charge in [-0.25, -0.2) is 13.8 Å². The zero-order valence-corrected chi connectivity index (χ0v) is 27.1. The number of Topliss-reactive ketones (excluding diaryl/α,β-unsaturated/α-hetero) is 1. The Morgan fingerprint density at radius 3 is 2.47 bits per heavy atom. The summed E-state index contributed by atoms with van der Waals surface area (Å²) >= 11 is 12.6. The summed E-state index contributed by atoms with van der Waals surface area (Å²) in [6.45, 7) is 5.42. The van der Waals surface area contributed by atoms with Crippen LogP contribution in [0.3, 0.4) is 0 Å². The summed E-state index contributed by atoms with van der Waals surface area (Å²) in [4.78, 5) is 51.6. The lowest BCUT2D eigenvalue weighted by Crippen LogP contribution is -2.42. The van der Waals surface area contributed by atoms with Crippen molar-refractivity contribution in [2.75, 3.05) is 38.2 Å². The second-order valence-electron chi connectivity index (χ2n) is 11.1. The van der Waals surface area contributed by atoms with Crippen molar-refractivity contribution in [3.05, 3.63) is 111 Å². The maximum atomic E-state index is 14.6. The highest BCUT2D eigenvalue weighted by molar-refractivity contribution is 6.31. The van der Waals surface area contributed by atoms with Gasteiger partial charge in [0.25, 0.3) is 11.8 Å². The van der Waals surface area contributed by atoms with Crippen LogP contribution in [0.4, 0.5) is 14.6 Å². The van der Waals surface area contributed by atoms with Crippen LogP contribution in [0.25, 0.3) is 0 Å². The fourth-order valence-corrected chi connectivity index (χ4v) is 5.97. The van der Waals surface area contributed by atoms with Gasteiger partial charge in [0, 0.05) is 60.1 Å². The molecule has 0 saturated carbocycles. The van der Waals surface area contributed by atoms with Crippen LogP contribution in [0, 0.1) is 11.6 Å². The van der Waals surface area contributed by atoms with Crippen LogP contribution in [0.2, 0.25) is 10.0 Å². The van der Waals surface area contributed by atoms with Crippen molar-refractivity contribution < 1.29 is 27.9 Å². The van der Waals surface area contributed by atoms with Crippen molar-refractivity contribution in [1.82, 2.24) is 24.8 Å². The summed E-state index contributed by atoms with van der Waals surface area (Å²) in [7, 11) is 0. The molecule has 4 aromatic rings. The third-order valence-electron chi connectivity index (χ3n) is 7.83. The highest BCUT2D eigenvalue weighted by Gasteiger charge is 2.35. The monoisotopic (exact) mass is 684 g/mol. The largest absolute Gasteiger partial charge is 0.379 e. The molecule has 2 N–H and O–H groups in total. The summed E-state index contributed by atoms with van der Waals surface area (Å²) in [5, 5.41) is 5.72. The quantitative estimate of drug-likeness (QED) is 0.209. The number of carbonyl (C=O) groups is 3. The van der Waals surface area contributed by atoms with Gasteiger partial charge in [0.15, 0.2) is 11.6 Å². The van der Waals surface area contributed by atoms with Crippen LogP contribution in [0.5, 0.6) is 0 Å². The van der Waals surface area contributed by atoms with E-state index in [1.165, 1.54) is 35.8 Å². The number of ketones is 1. The molecule has 1 saturated heterocycles. The van der Waals surface area contributed by atoms with Gasteiger partial charge in [0.05, 0.1) is 18.9 Å². The zero-order chi connectivity index (χ0) is 33.7. The topological polar surface area (TPSA) is 118 Å². The van der Waals surface area contributed by atoms with Crippen molar-refractivity contribution in [2.24, 2.45) is 0 Å². The molecule has 1 aliphatic rings. The van der Waals surface area contributed by atoms with Crippen LogP contribution in [0.15, 0.2) is 60.9 Å². The van der Waals surface area contributed by atoms with E-state index in [1.807, 2.05) is 4.90 Å². The first-order valence-corrected chi connectivity index (χ1v) is 15.6. The predicted octanol–water partition coefficient (Wildman–Crippen LogP) is 5.66. The van der Waals surface area contributed by atoms with E-state index < -0.39 is 35.4 Å². The number of hydrogen-bond donors (Lipinski definition) is 2. The molecule has 1 fully saturated rings. The van der Waals surface area contributed by atoms with Gasteiger partial charge in [-0.05, 0) is 60.5 Å². The molecule has 2 aromatic heterocycles. The van der Waals surface area contributed by atoms with Crippen LogP contribution in [-0.2, 0) is 16.1 Å². The lowest BCUT2D eigenvalue weighted by Gasteiger charge is -2.32. The maximum Gasteiger partial charge on any atom is 0.287 e. The number of halogens is 4. The lowest BCUT2D eigenvalue weighted by atomic mass is 9.96. The molecule has 0 unspecified atom stereocenters. The molecular formula is C33H32Cl2F2N6O4. The van der Waals surface area contributed by atoms with Crippen LogP contribution >= 0.6 is 23.2 Å². The molecule has 14 heteroatoms. The average molecular weight is 686 g/mol. The number of carbonyl (C=O) groups excluding carboxylic acids is 3. The summed E-state index contributed by atoms with van der Waals surface area (Å²) in [5.74, 6) is -4.07. The Morgan fingerprint density at radius 2 is 1.79 bits per heavy atom. The van der Waals surface area contributed by atoms with E-state index in [0.29, 0.717) is 37.4 Å². The van der Waals surface area contributed by atoms with Gasteiger partial charge in [-0.2, -0.15) is 0 Å². The molecule has 10 nitrogen and oxygen atoms in total. The fraction of sp³-hybridized carbons (Fsp3) is 0.303. The molecule has 0 spiro atoms. The minimum atomic E-state index is -0.959. The number of nitrogens with zero attached hydrogens (tertiary/aromatic N) is 4. The normalized spacial score (nSPS) is 14.8. The third kappa shape index (κ3) is 8.20. The number of amides is 2. The Morgan fingerprint density at radius 1 is 1.02 bits per heavy atom. The number of imidazole rings is 1. The first kappa shape index (κ1) is 34.1. The van der Waals surface area contributed by atoms with Gasteiger partial charge in [0.2, 0.25) is 5.82 Å². The molecule has 2 aromatic carbocycles. The van der Waals surface area contributed by atoms with Crippen LogP contribution in [0.1, 0.15) is 63.6 Å². The van der Waals surface area contributed by atoms with E-state index in [9.17, 15) is 23.2 Å². The molecule has 2 amide bonds. The highest BCUT2D eigenvalue weighted by Crippen LogP contribution is 2.37. The SMILES string of the molecule is CC(=O)[C@H](CN1CCOCC1)n1c(C(=O)NCc2cccnc2)nc(NC(=O)c2cc(F)cc(Cl)c2)c1[C@@H](C)c1cc(F)ccc1Cl. The van der Waals surface area contributed by atoms with Gasteiger partial charge < -0.3 is 19.9 Å². The first-order valence-electron chi connectivity index (χ1n) is 14.8. The van der Waals surface area contributed by atoms with Crippen molar-refractivity contribution >= 4 is 46.6 Å². The maximum absolute atomic E-state index is 14.6. The van der Waals surface area contributed by atoms with E-state index in [0.717, 1.165) is 12.1 Å². The van der Waals surface area contributed by atoms with E-state index in [1.54, 1.807) is 31.5 Å². The molecule has 0 aliphatic carbocycles. The lowest BCUT2D eigenvalue weighted by molar-refractivity contribution is -0.121. The predicted molar refractivity (Wildman–Crippen MR) is 173 cm³/mol. The number of nitrogens with one attached hydrogen (secondary N) is 2. The molecular weight excluding hydrogens is 653 g/mol. The molecule has 5 rings (SSSR count). The fourth-order valence-electron chi connectivity index (χ4n) is 5.47. The second-order valence-corrected chi connectivity index (χ2v) is 12.0. The van der Waals surface area contributed by atoms with E-state index in [4.69, 9.17) is 27.9 Å². The van der Waals surface area contributed by atoms with Crippen molar-refractivity contribution in [1.29, 1.82) is 0 Å². The Balaban J connectivity index is 1.68. The van der Waals surface area contributed by atoms with Crippen molar-refractivity contribution in [2.45, 2.75) is 32.4 Å². The number of ether oxygens (including phenoxy) is 1. The van der Waals surface area contributed by atoms with E-state index >= 15 is 0 Å². The molecule has 3 heterocycles. The Hall–Kier alpha value is -4.23. The smallest absolute Gasteiger partial charge is 0.287 e. The molecule has 2 atom stereocenters. The number of pyridine rings is 1. The number of aromatic nitrogens is 3. The summed E-state index contributed by atoms with van der Waals surface area (Å²) in [6.07, 6.45) is 3.20. The molecule has 1 aliphatic heterocycles. The molecule has 246 valence electrons. The number of anilines is 1. The van der Waals surface area contributed by atoms with Gasteiger partial charge in [-0.1, -0.05) is 36.2 Å². The zero-order valence-electron chi connectivity index (χ0n) is 25.6. The van der Waals surface area contributed by atoms with Gasteiger partial charge in [0.1, 0.15) is 17.7 Å². The van der Waals surface area contributed by atoms with Gasteiger partial charge in [-0.15, -0.1) is 0 Å². The van der Waals surface area contributed by atoms with E-state index in [2.05, 4.69) is 20.6 Å². The third-order valence-corrected chi connectivity index (χ3v) is 8.40. The number of rotatable bonds is 11. The average Bonchev–Trinajstić information content (AvgIpc) is 3.42.